The van der Waals surface area contributed by atoms with E-state index in [-0.39, 0.29) is 42.0 Å². The summed E-state index contributed by atoms with van der Waals surface area (Å²) in [7, 11) is 0. The van der Waals surface area contributed by atoms with E-state index < -0.39 is 4.92 Å². The highest BCUT2D eigenvalue weighted by Crippen LogP contribution is 2.39. The maximum atomic E-state index is 11.4. The molecule has 0 spiro atoms. The predicted octanol–water partition coefficient (Wildman–Crippen LogP) is 3.00. The molecule has 1 N–H and O–H groups in total. The lowest BCUT2D eigenvalue weighted by atomic mass is 10.2. The lowest BCUT2D eigenvalue weighted by molar-refractivity contribution is -0.382. The molecule has 0 bridgehead atoms. The first kappa shape index (κ1) is 18.0. The standard InChI is InChI=1S/C14H18N4O5S/c1-4-11(19)22-6-5-15-9-7-10(24-8(2)3)12-13(17-23-16-12)14(9)18(20)21/h7-8,15H,4-6H2,1-3H3. The molecule has 0 saturated carbocycles. The Hall–Kier alpha value is -2.36. The van der Waals surface area contributed by atoms with Gasteiger partial charge in [0, 0.05) is 23.1 Å². The van der Waals surface area contributed by atoms with Crippen molar-refractivity contribution < 1.29 is 19.1 Å². The van der Waals surface area contributed by atoms with Crippen molar-refractivity contribution in [1.29, 1.82) is 0 Å². The fourth-order valence-corrected chi connectivity index (χ4v) is 2.96. The van der Waals surface area contributed by atoms with Crippen LogP contribution in [-0.2, 0) is 9.53 Å². The summed E-state index contributed by atoms with van der Waals surface area (Å²) in [5.41, 5.74) is 0.544. The maximum absolute atomic E-state index is 11.4. The van der Waals surface area contributed by atoms with Gasteiger partial charge in [0.15, 0.2) is 5.52 Å². The van der Waals surface area contributed by atoms with Crippen molar-refractivity contribution in [3.05, 3.63) is 16.2 Å². The summed E-state index contributed by atoms with van der Waals surface area (Å²) in [5.74, 6) is -0.321. The summed E-state index contributed by atoms with van der Waals surface area (Å²) in [6, 6.07) is 1.65. The summed E-state index contributed by atoms with van der Waals surface area (Å²) in [6.07, 6.45) is 0.284. The molecule has 10 heteroatoms. The molecule has 0 saturated heterocycles. The predicted molar refractivity (Wildman–Crippen MR) is 89.2 cm³/mol. The number of carbonyl (C=O) groups is 1. The fraction of sp³-hybridized carbons (Fsp3) is 0.500. The zero-order valence-corrected chi connectivity index (χ0v) is 14.4. The van der Waals surface area contributed by atoms with Crippen molar-refractivity contribution >= 4 is 40.1 Å². The SMILES string of the molecule is CCC(=O)OCCNc1cc(SC(C)C)c2nonc2c1[N+](=O)[O-]. The molecular weight excluding hydrogens is 336 g/mol. The summed E-state index contributed by atoms with van der Waals surface area (Å²) in [6.45, 7) is 6.06. The average Bonchev–Trinajstić information content (AvgIpc) is 2.99. The number of nitrogens with zero attached hydrogens (tertiary/aromatic N) is 3. The molecular formula is C14H18N4O5S. The van der Waals surface area contributed by atoms with Crippen LogP contribution < -0.4 is 5.32 Å². The number of nitro groups is 1. The van der Waals surface area contributed by atoms with Crippen LogP contribution >= 0.6 is 11.8 Å². The van der Waals surface area contributed by atoms with Gasteiger partial charge < -0.3 is 10.1 Å². The highest BCUT2D eigenvalue weighted by atomic mass is 32.2. The van der Waals surface area contributed by atoms with Gasteiger partial charge in [-0.05, 0) is 16.4 Å². The van der Waals surface area contributed by atoms with Gasteiger partial charge in [0.2, 0.25) is 5.52 Å². The second kappa shape index (κ2) is 7.95. The fourth-order valence-electron chi connectivity index (χ4n) is 2.02. The van der Waals surface area contributed by atoms with Gasteiger partial charge in [-0.3, -0.25) is 14.9 Å². The first-order chi connectivity index (χ1) is 11.4. The number of rotatable bonds is 8. The number of ether oxygens (including phenoxy) is 1. The van der Waals surface area contributed by atoms with Crippen molar-refractivity contribution in [2.24, 2.45) is 0 Å². The Morgan fingerprint density at radius 3 is 2.79 bits per heavy atom. The van der Waals surface area contributed by atoms with Crippen LogP contribution in [0.15, 0.2) is 15.6 Å². The molecule has 0 aliphatic rings. The quantitative estimate of drug-likeness (QED) is 0.251. The second-order valence-electron chi connectivity index (χ2n) is 5.16. The van der Waals surface area contributed by atoms with E-state index in [4.69, 9.17) is 4.74 Å². The van der Waals surface area contributed by atoms with E-state index in [1.54, 1.807) is 13.0 Å². The summed E-state index contributed by atoms with van der Waals surface area (Å²) in [4.78, 5) is 22.7. The lowest BCUT2D eigenvalue weighted by Crippen LogP contribution is -2.14. The van der Waals surface area contributed by atoms with Crippen LogP contribution in [-0.4, -0.2) is 39.6 Å². The van der Waals surface area contributed by atoms with Crippen molar-refractivity contribution in [1.82, 2.24) is 10.3 Å². The Morgan fingerprint density at radius 1 is 1.46 bits per heavy atom. The molecule has 0 atom stereocenters. The number of carbonyl (C=O) groups excluding carboxylic acids is 1. The van der Waals surface area contributed by atoms with E-state index in [1.165, 1.54) is 11.8 Å². The largest absolute Gasteiger partial charge is 0.464 e. The number of anilines is 1. The Bertz CT molecular complexity index is 746. The molecule has 0 radical (unpaired) electrons. The lowest BCUT2D eigenvalue weighted by Gasteiger charge is -2.11. The van der Waals surface area contributed by atoms with Crippen molar-refractivity contribution in [3.63, 3.8) is 0 Å². The summed E-state index contributed by atoms with van der Waals surface area (Å²) < 4.78 is 9.65. The molecule has 130 valence electrons. The van der Waals surface area contributed by atoms with E-state index in [0.29, 0.717) is 11.2 Å². The minimum atomic E-state index is -0.531. The second-order valence-corrected chi connectivity index (χ2v) is 6.78. The van der Waals surface area contributed by atoms with Crippen molar-refractivity contribution in [2.75, 3.05) is 18.5 Å². The van der Waals surface area contributed by atoms with Gasteiger partial charge in [-0.2, -0.15) is 0 Å². The number of esters is 1. The number of hydrogen-bond donors (Lipinski definition) is 1. The van der Waals surface area contributed by atoms with E-state index in [0.717, 1.165) is 4.90 Å². The number of benzene rings is 1. The van der Waals surface area contributed by atoms with Crippen LogP contribution in [0.3, 0.4) is 0 Å². The number of thioether (sulfide) groups is 1. The van der Waals surface area contributed by atoms with Crippen LogP contribution in [0.1, 0.15) is 27.2 Å². The number of fused-ring (bicyclic) bond motifs is 1. The molecule has 1 aromatic heterocycles. The van der Waals surface area contributed by atoms with Gasteiger partial charge in [0.25, 0.3) is 0 Å². The van der Waals surface area contributed by atoms with E-state index >= 15 is 0 Å². The Balaban J connectivity index is 2.30. The number of hydrogen-bond acceptors (Lipinski definition) is 9. The van der Waals surface area contributed by atoms with E-state index in [9.17, 15) is 14.9 Å². The normalized spacial score (nSPS) is 11.0. The molecule has 1 aromatic carbocycles. The maximum Gasteiger partial charge on any atom is 0.323 e. The first-order valence-corrected chi connectivity index (χ1v) is 8.31. The Labute approximate surface area is 142 Å². The number of aromatic nitrogens is 2. The van der Waals surface area contributed by atoms with Gasteiger partial charge in [-0.1, -0.05) is 20.8 Å². The molecule has 0 aliphatic heterocycles. The molecule has 2 rings (SSSR count). The van der Waals surface area contributed by atoms with E-state index in [2.05, 4.69) is 20.3 Å². The molecule has 24 heavy (non-hydrogen) atoms. The molecule has 0 fully saturated rings. The van der Waals surface area contributed by atoms with Gasteiger partial charge in [-0.25, -0.2) is 4.63 Å². The smallest absolute Gasteiger partial charge is 0.323 e. The summed E-state index contributed by atoms with van der Waals surface area (Å²) in [5, 5.41) is 22.1. The molecule has 1 heterocycles. The zero-order chi connectivity index (χ0) is 17.7. The third kappa shape index (κ3) is 4.13. The molecule has 0 unspecified atom stereocenters. The topological polar surface area (TPSA) is 120 Å². The molecule has 0 amide bonds. The minimum Gasteiger partial charge on any atom is -0.464 e. The molecule has 0 aliphatic carbocycles. The monoisotopic (exact) mass is 354 g/mol. The Morgan fingerprint density at radius 2 is 2.17 bits per heavy atom. The minimum absolute atomic E-state index is 0.0960. The third-order valence-electron chi connectivity index (χ3n) is 2.99. The zero-order valence-electron chi connectivity index (χ0n) is 13.6. The van der Waals surface area contributed by atoms with Crippen molar-refractivity contribution in [2.45, 2.75) is 37.3 Å². The first-order valence-electron chi connectivity index (χ1n) is 7.43. The highest BCUT2D eigenvalue weighted by Gasteiger charge is 2.26. The third-order valence-corrected chi connectivity index (χ3v) is 4.03. The highest BCUT2D eigenvalue weighted by molar-refractivity contribution is 8.00. The summed E-state index contributed by atoms with van der Waals surface area (Å²) >= 11 is 1.50. The van der Waals surface area contributed by atoms with Crippen LogP contribution in [0.5, 0.6) is 0 Å². The number of nitro benzene ring substituents is 1. The molecule has 9 nitrogen and oxygen atoms in total. The van der Waals surface area contributed by atoms with Crippen LogP contribution in [0.2, 0.25) is 0 Å². The van der Waals surface area contributed by atoms with Gasteiger partial charge >= 0.3 is 11.7 Å². The van der Waals surface area contributed by atoms with Gasteiger partial charge in [0.05, 0.1) is 4.92 Å². The van der Waals surface area contributed by atoms with Crippen molar-refractivity contribution in [3.8, 4) is 0 Å². The van der Waals surface area contributed by atoms with Crippen LogP contribution in [0, 0.1) is 10.1 Å². The average molecular weight is 354 g/mol. The Kier molecular flexibility index (Phi) is 5.96. The number of nitrogens with one attached hydrogen (secondary N) is 1. The van der Waals surface area contributed by atoms with Crippen LogP contribution in [0.4, 0.5) is 11.4 Å². The van der Waals surface area contributed by atoms with Crippen LogP contribution in [0.25, 0.3) is 11.0 Å². The van der Waals surface area contributed by atoms with Gasteiger partial charge in [0.1, 0.15) is 12.3 Å². The molecule has 2 aromatic rings. The van der Waals surface area contributed by atoms with E-state index in [1.807, 2.05) is 13.8 Å². The van der Waals surface area contributed by atoms with Gasteiger partial charge in [-0.15, -0.1) is 11.8 Å².